The largest absolute Gasteiger partial charge is 0.333 e. The fourth-order valence-corrected chi connectivity index (χ4v) is 3.05. The number of carbonyl (C=O) groups excluding carboxylic acids is 1. The van der Waals surface area contributed by atoms with Crippen LogP contribution in [0, 0.1) is 0 Å². The third-order valence-electron chi connectivity index (χ3n) is 3.91. The molecule has 3 rings (SSSR count). The summed E-state index contributed by atoms with van der Waals surface area (Å²) in [5.41, 5.74) is 9.38. The monoisotopic (exact) mass is 334 g/mol. The number of hydrogen-bond donors (Lipinski definition) is 1. The van der Waals surface area contributed by atoms with Crippen LogP contribution in [0.5, 0.6) is 0 Å². The van der Waals surface area contributed by atoms with Crippen LogP contribution < -0.4 is 5.73 Å². The Balaban J connectivity index is 1.67. The molecule has 2 aromatic carbocycles. The van der Waals surface area contributed by atoms with Crippen LogP contribution in [0.25, 0.3) is 0 Å². The van der Waals surface area contributed by atoms with Gasteiger partial charge in [-0.2, -0.15) is 0 Å². The Labute approximate surface area is 139 Å². The molecule has 1 aliphatic heterocycles. The van der Waals surface area contributed by atoms with E-state index in [-0.39, 0.29) is 5.91 Å². The van der Waals surface area contributed by atoms with Crippen LogP contribution in [0.2, 0.25) is 10.0 Å². The van der Waals surface area contributed by atoms with Gasteiger partial charge in [-0.05, 0) is 35.2 Å². The predicted octanol–water partition coefficient (Wildman–Crippen LogP) is 3.41. The zero-order chi connectivity index (χ0) is 15.7. The van der Waals surface area contributed by atoms with Crippen molar-refractivity contribution < 1.29 is 4.79 Å². The van der Waals surface area contributed by atoms with Gasteiger partial charge in [0.05, 0.1) is 16.1 Å². The smallest absolute Gasteiger partial charge is 0.240 e. The van der Waals surface area contributed by atoms with Gasteiger partial charge in [0, 0.05) is 13.1 Å². The van der Waals surface area contributed by atoms with Gasteiger partial charge in [-0.15, -0.1) is 0 Å². The van der Waals surface area contributed by atoms with Crippen molar-refractivity contribution in [3.05, 3.63) is 69.2 Å². The Hall–Kier alpha value is -1.55. The molecule has 1 amide bonds. The summed E-state index contributed by atoms with van der Waals surface area (Å²) >= 11 is 11.9. The van der Waals surface area contributed by atoms with Gasteiger partial charge in [0.25, 0.3) is 0 Å². The Morgan fingerprint density at radius 3 is 2.32 bits per heavy atom. The van der Waals surface area contributed by atoms with Crippen molar-refractivity contribution in [2.45, 2.75) is 25.6 Å². The van der Waals surface area contributed by atoms with Crippen LogP contribution in [0.1, 0.15) is 16.7 Å². The van der Waals surface area contributed by atoms with E-state index in [1.165, 1.54) is 11.1 Å². The highest BCUT2D eigenvalue weighted by Crippen LogP contribution is 2.25. The summed E-state index contributed by atoms with van der Waals surface area (Å²) in [6.45, 7) is 1.26. The zero-order valence-electron chi connectivity index (χ0n) is 11.9. The first kappa shape index (κ1) is 15.3. The number of halogens is 2. The average molecular weight is 335 g/mol. The molecule has 1 atom stereocenters. The summed E-state index contributed by atoms with van der Waals surface area (Å²) in [5, 5.41) is 0.979. The lowest BCUT2D eigenvalue weighted by molar-refractivity contribution is -0.133. The van der Waals surface area contributed by atoms with E-state index < -0.39 is 6.04 Å². The van der Waals surface area contributed by atoms with Gasteiger partial charge in [0.15, 0.2) is 0 Å². The third kappa shape index (κ3) is 3.12. The number of amides is 1. The second-order valence-electron chi connectivity index (χ2n) is 5.52. The molecule has 3 nitrogen and oxygen atoms in total. The van der Waals surface area contributed by atoms with Crippen molar-refractivity contribution in [1.82, 2.24) is 4.90 Å². The lowest BCUT2D eigenvalue weighted by Gasteiger charge is -2.20. The topological polar surface area (TPSA) is 46.3 Å². The van der Waals surface area contributed by atoms with Crippen molar-refractivity contribution >= 4 is 29.1 Å². The van der Waals surface area contributed by atoms with Gasteiger partial charge in [0.1, 0.15) is 0 Å². The molecule has 0 bridgehead atoms. The minimum atomic E-state index is -0.577. The number of carbonyl (C=O) groups is 1. The van der Waals surface area contributed by atoms with Crippen molar-refractivity contribution in [1.29, 1.82) is 0 Å². The zero-order valence-corrected chi connectivity index (χ0v) is 13.4. The number of rotatable bonds is 3. The standard InChI is InChI=1S/C17H16Cl2N2O/c18-14-6-5-11(7-15(14)19)8-16(20)17(22)21-9-12-3-1-2-4-13(12)10-21/h1-7,16H,8-10,20H2/t16-/m1/s1. The molecule has 5 heteroatoms. The molecule has 0 aliphatic carbocycles. The highest BCUT2D eigenvalue weighted by Gasteiger charge is 2.26. The molecule has 0 aromatic heterocycles. The summed E-state index contributed by atoms with van der Waals surface area (Å²) < 4.78 is 0. The number of hydrogen-bond acceptors (Lipinski definition) is 2. The second-order valence-corrected chi connectivity index (χ2v) is 6.34. The first-order valence-electron chi connectivity index (χ1n) is 7.09. The van der Waals surface area contributed by atoms with E-state index in [1.807, 2.05) is 30.3 Å². The summed E-state index contributed by atoms with van der Waals surface area (Å²) in [5.74, 6) is -0.0396. The van der Waals surface area contributed by atoms with E-state index >= 15 is 0 Å². The highest BCUT2D eigenvalue weighted by molar-refractivity contribution is 6.42. The molecule has 1 heterocycles. The van der Waals surface area contributed by atoms with Gasteiger partial charge in [-0.1, -0.05) is 53.5 Å². The van der Waals surface area contributed by atoms with Crippen molar-refractivity contribution in [2.75, 3.05) is 0 Å². The van der Waals surface area contributed by atoms with E-state index in [2.05, 4.69) is 0 Å². The van der Waals surface area contributed by atoms with Gasteiger partial charge in [0.2, 0.25) is 5.91 Å². The van der Waals surface area contributed by atoms with Crippen molar-refractivity contribution in [2.24, 2.45) is 5.73 Å². The van der Waals surface area contributed by atoms with Crippen molar-refractivity contribution in [3.8, 4) is 0 Å². The molecule has 0 spiro atoms. The van der Waals surface area contributed by atoms with Crippen LogP contribution in [0.15, 0.2) is 42.5 Å². The Morgan fingerprint density at radius 2 is 1.73 bits per heavy atom. The molecule has 0 saturated carbocycles. The maximum absolute atomic E-state index is 12.5. The van der Waals surface area contributed by atoms with E-state index in [1.54, 1.807) is 17.0 Å². The summed E-state index contributed by atoms with van der Waals surface area (Å²) in [6.07, 6.45) is 0.447. The van der Waals surface area contributed by atoms with E-state index in [4.69, 9.17) is 28.9 Å². The molecule has 22 heavy (non-hydrogen) atoms. The fourth-order valence-electron chi connectivity index (χ4n) is 2.73. The van der Waals surface area contributed by atoms with Crippen LogP contribution in [0.4, 0.5) is 0 Å². The van der Waals surface area contributed by atoms with Gasteiger partial charge < -0.3 is 10.6 Å². The fraction of sp³-hybridized carbons (Fsp3) is 0.235. The third-order valence-corrected chi connectivity index (χ3v) is 4.65. The lowest BCUT2D eigenvalue weighted by Crippen LogP contribution is -2.42. The summed E-state index contributed by atoms with van der Waals surface area (Å²) in [6, 6.07) is 12.8. The molecule has 1 aliphatic rings. The molecular weight excluding hydrogens is 319 g/mol. The number of benzene rings is 2. The molecule has 2 aromatic rings. The lowest BCUT2D eigenvalue weighted by atomic mass is 10.1. The minimum Gasteiger partial charge on any atom is -0.333 e. The van der Waals surface area contributed by atoms with E-state index in [9.17, 15) is 4.79 Å². The predicted molar refractivity (Wildman–Crippen MR) is 88.8 cm³/mol. The molecule has 0 saturated heterocycles. The van der Waals surface area contributed by atoms with Crippen LogP contribution >= 0.6 is 23.2 Å². The Kier molecular flexibility index (Phi) is 4.39. The van der Waals surface area contributed by atoms with Crippen LogP contribution in [-0.2, 0) is 24.3 Å². The number of nitrogens with zero attached hydrogens (tertiary/aromatic N) is 1. The highest BCUT2D eigenvalue weighted by atomic mass is 35.5. The minimum absolute atomic E-state index is 0.0396. The molecular formula is C17H16Cl2N2O. The SMILES string of the molecule is N[C@H](Cc1ccc(Cl)c(Cl)c1)C(=O)N1Cc2ccccc2C1. The van der Waals surface area contributed by atoms with Crippen molar-refractivity contribution in [3.63, 3.8) is 0 Å². The second kappa shape index (κ2) is 6.29. The van der Waals surface area contributed by atoms with Crippen LogP contribution in [-0.4, -0.2) is 16.8 Å². The summed E-state index contributed by atoms with van der Waals surface area (Å²) in [7, 11) is 0. The van der Waals surface area contributed by atoms with E-state index in [0.717, 1.165) is 5.56 Å². The maximum atomic E-state index is 12.5. The summed E-state index contributed by atoms with van der Waals surface area (Å²) in [4.78, 5) is 14.3. The quantitative estimate of drug-likeness (QED) is 0.934. The first-order chi connectivity index (χ1) is 10.5. The number of fused-ring (bicyclic) bond motifs is 1. The maximum Gasteiger partial charge on any atom is 0.240 e. The van der Waals surface area contributed by atoms with Gasteiger partial charge >= 0.3 is 0 Å². The molecule has 0 fully saturated rings. The normalized spacial score (nSPS) is 14.8. The first-order valence-corrected chi connectivity index (χ1v) is 7.85. The Morgan fingerprint density at radius 1 is 1.09 bits per heavy atom. The van der Waals surface area contributed by atoms with Gasteiger partial charge in [-0.3, -0.25) is 4.79 Å². The van der Waals surface area contributed by atoms with E-state index in [0.29, 0.717) is 29.6 Å². The average Bonchev–Trinajstić information content (AvgIpc) is 2.94. The number of nitrogens with two attached hydrogens (primary N) is 1. The van der Waals surface area contributed by atoms with Crippen LogP contribution in [0.3, 0.4) is 0 Å². The Bertz CT molecular complexity index is 693. The molecule has 2 N–H and O–H groups in total. The molecule has 0 radical (unpaired) electrons. The molecule has 0 unspecified atom stereocenters. The molecule has 114 valence electrons. The van der Waals surface area contributed by atoms with Gasteiger partial charge in [-0.25, -0.2) is 0 Å².